The molecule has 0 radical (unpaired) electrons. The van der Waals surface area contributed by atoms with Gasteiger partial charge in [0.25, 0.3) is 0 Å². The Labute approximate surface area is 103 Å². The second-order valence-electron chi connectivity index (χ2n) is 4.41. The number of rotatable bonds is 6. The summed E-state index contributed by atoms with van der Waals surface area (Å²) in [6.45, 7) is 6.98. The lowest BCUT2D eigenvalue weighted by molar-refractivity contribution is -0.137. The van der Waals surface area contributed by atoms with Crippen LogP contribution in [0.25, 0.3) is 0 Å². The molecule has 1 aromatic rings. The van der Waals surface area contributed by atoms with E-state index < -0.39 is 5.97 Å². The van der Waals surface area contributed by atoms with Crippen LogP contribution in [0.2, 0.25) is 0 Å². The summed E-state index contributed by atoms with van der Waals surface area (Å²) in [6, 6.07) is 5.98. The van der Waals surface area contributed by atoms with Gasteiger partial charge in [-0.15, -0.1) is 0 Å². The third-order valence-electron chi connectivity index (χ3n) is 2.91. The Kier molecular flexibility index (Phi) is 5.16. The molecule has 1 atom stereocenters. The summed E-state index contributed by atoms with van der Waals surface area (Å²) in [5, 5.41) is 12.3. The molecule has 94 valence electrons. The fourth-order valence-corrected chi connectivity index (χ4v) is 2.15. The molecule has 1 rings (SSSR count). The molecule has 3 heteroatoms. The van der Waals surface area contributed by atoms with E-state index in [2.05, 4.69) is 12.2 Å². The number of carbonyl (C=O) groups is 1. The second-order valence-corrected chi connectivity index (χ2v) is 4.41. The summed E-state index contributed by atoms with van der Waals surface area (Å²) in [6.07, 6.45) is 1.13. The van der Waals surface area contributed by atoms with E-state index in [1.165, 1.54) is 0 Å². The van der Waals surface area contributed by atoms with Crippen LogP contribution < -0.4 is 5.32 Å². The third kappa shape index (κ3) is 3.86. The number of benzene rings is 1. The van der Waals surface area contributed by atoms with Gasteiger partial charge in [-0.25, -0.2) is 0 Å². The molecule has 0 fully saturated rings. The Morgan fingerprint density at radius 1 is 1.35 bits per heavy atom. The molecular formula is C14H21NO2. The average Bonchev–Trinajstić information content (AvgIpc) is 2.24. The predicted molar refractivity (Wildman–Crippen MR) is 69.2 cm³/mol. The molecule has 1 aromatic carbocycles. The number of nitrogens with one attached hydrogen (secondary N) is 1. The summed E-state index contributed by atoms with van der Waals surface area (Å²) in [5.41, 5.74) is 3.43. The maximum Gasteiger partial charge on any atom is 0.305 e. The van der Waals surface area contributed by atoms with Crippen molar-refractivity contribution in [2.24, 2.45) is 0 Å². The van der Waals surface area contributed by atoms with Crippen LogP contribution in [0.5, 0.6) is 0 Å². The normalized spacial score (nSPS) is 12.4. The molecule has 0 bridgehead atoms. The van der Waals surface area contributed by atoms with E-state index in [0.717, 1.165) is 29.7 Å². The largest absolute Gasteiger partial charge is 0.481 e. The molecule has 0 saturated carbocycles. The highest BCUT2D eigenvalue weighted by Crippen LogP contribution is 2.24. The van der Waals surface area contributed by atoms with Crippen molar-refractivity contribution < 1.29 is 9.90 Å². The minimum absolute atomic E-state index is 0.0892. The Balaban J connectivity index is 2.98. The van der Waals surface area contributed by atoms with Crippen LogP contribution in [0.3, 0.4) is 0 Å². The zero-order chi connectivity index (χ0) is 12.8. The quantitative estimate of drug-likeness (QED) is 0.797. The topological polar surface area (TPSA) is 49.3 Å². The molecule has 0 aromatic heterocycles. The van der Waals surface area contributed by atoms with Crippen LogP contribution in [-0.4, -0.2) is 17.6 Å². The van der Waals surface area contributed by atoms with E-state index in [1.807, 2.05) is 32.0 Å². The van der Waals surface area contributed by atoms with Gasteiger partial charge in [0.05, 0.1) is 6.42 Å². The minimum atomic E-state index is -0.763. The monoisotopic (exact) mass is 235 g/mol. The van der Waals surface area contributed by atoms with Crippen molar-refractivity contribution in [3.63, 3.8) is 0 Å². The summed E-state index contributed by atoms with van der Waals surface area (Å²) >= 11 is 0. The fraction of sp³-hybridized carbons (Fsp3) is 0.500. The van der Waals surface area contributed by atoms with Gasteiger partial charge in [0.2, 0.25) is 0 Å². The summed E-state index contributed by atoms with van der Waals surface area (Å²) in [4.78, 5) is 10.9. The maximum absolute atomic E-state index is 10.9. The Hall–Kier alpha value is -1.35. The van der Waals surface area contributed by atoms with Crippen LogP contribution >= 0.6 is 0 Å². The second kappa shape index (κ2) is 6.40. The highest BCUT2D eigenvalue weighted by molar-refractivity contribution is 5.68. The van der Waals surface area contributed by atoms with E-state index in [4.69, 9.17) is 5.11 Å². The Morgan fingerprint density at radius 3 is 2.41 bits per heavy atom. The third-order valence-corrected chi connectivity index (χ3v) is 2.91. The van der Waals surface area contributed by atoms with Crippen LogP contribution in [0.4, 0.5) is 0 Å². The minimum Gasteiger partial charge on any atom is -0.481 e. The first-order valence-electron chi connectivity index (χ1n) is 6.07. The van der Waals surface area contributed by atoms with E-state index in [-0.39, 0.29) is 12.5 Å². The van der Waals surface area contributed by atoms with Crippen molar-refractivity contribution in [1.82, 2.24) is 5.32 Å². The zero-order valence-corrected chi connectivity index (χ0v) is 10.8. The molecule has 0 amide bonds. The van der Waals surface area contributed by atoms with E-state index in [1.54, 1.807) is 0 Å². The first-order valence-corrected chi connectivity index (χ1v) is 6.07. The molecule has 2 N–H and O–H groups in total. The Morgan fingerprint density at radius 2 is 1.94 bits per heavy atom. The van der Waals surface area contributed by atoms with Gasteiger partial charge < -0.3 is 10.4 Å². The van der Waals surface area contributed by atoms with Gasteiger partial charge in [0, 0.05) is 6.04 Å². The van der Waals surface area contributed by atoms with Crippen molar-refractivity contribution in [1.29, 1.82) is 0 Å². The highest BCUT2D eigenvalue weighted by atomic mass is 16.4. The lowest BCUT2D eigenvalue weighted by Crippen LogP contribution is -2.26. The average molecular weight is 235 g/mol. The molecule has 17 heavy (non-hydrogen) atoms. The number of carboxylic acids is 1. The predicted octanol–water partition coefficient (Wildman–Crippen LogP) is 2.82. The van der Waals surface area contributed by atoms with E-state index in [9.17, 15) is 4.79 Å². The number of hydrogen-bond acceptors (Lipinski definition) is 2. The summed E-state index contributed by atoms with van der Waals surface area (Å²) in [5.74, 6) is -0.763. The van der Waals surface area contributed by atoms with Crippen molar-refractivity contribution >= 4 is 5.97 Å². The first-order chi connectivity index (χ1) is 8.06. The van der Waals surface area contributed by atoms with Crippen LogP contribution in [0.15, 0.2) is 18.2 Å². The number of hydrogen-bond donors (Lipinski definition) is 2. The molecule has 0 aliphatic rings. The van der Waals surface area contributed by atoms with Gasteiger partial charge in [-0.1, -0.05) is 25.1 Å². The molecule has 0 aliphatic heterocycles. The van der Waals surface area contributed by atoms with Crippen molar-refractivity contribution in [3.8, 4) is 0 Å². The standard InChI is InChI=1S/C14H21NO2/c1-4-8-15-12(9-13(16)17)14-10(2)6-5-7-11(14)3/h5-7,12,15H,4,8-9H2,1-3H3,(H,16,17). The zero-order valence-electron chi connectivity index (χ0n) is 10.8. The number of aryl methyl sites for hydroxylation is 2. The highest BCUT2D eigenvalue weighted by Gasteiger charge is 2.18. The molecule has 0 saturated heterocycles. The van der Waals surface area contributed by atoms with Gasteiger partial charge >= 0.3 is 5.97 Å². The van der Waals surface area contributed by atoms with Crippen LogP contribution in [-0.2, 0) is 4.79 Å². The van der Waals surface area contributed by atoms with E-state index >= 15 is 0 Å². The lowest BCUT2D eigenvalue weighted by atomic mass is 9.94. The molecule has 0 aliphatic carbocycles. The summed E-state index contributed by atoms with van der Waals surface area (Å²) in [7, 11) is 0. The van der Waals surface area contributed by atoms with Crippen molar-refractivity contribution in [2.45, 2.75) is 39.7 Å². The van der Waals surface area contributed by atoms with Gasteiger partial charge in [0.1, 0.15) is 0 Å². The van der Waals surface area contributed by atoms with Crippen molar-refractivity contribution in [2.75, 3.05) is 6.54 Å². The summed E-state index contributed by atoms with van der Waals surface area (Å²) < 4.78 is 0. The molecule has 0 spiro atoms. The smallest absolute Gasteiger partial charge is 0.305 e. The molecule has 3 nitrogen and oxygen atoms in total. The number of carboxylic acid groups (broad SMARTS) is 1. The Bertz CT molecular complexity index is 368. The first kappa shape index (κ1) is 13.7. The van der Waals surface area contributed by atoms with Crippen LogP contribution in [0.1, 0.15) is 42.5 Å². The molecule has 1 unspecified atom stereocenters. The maximum atomic E-state index is 10.9. The van der Waals surface area contributed by atoms with Gasteiger partial charge in [0.15, 0.2) is 0 Å². The molecule has 0 heterocycles. The van der Waals surface area contributed by atoms with Gasteiger partial charge in [-0.3, -0.25) is 4.79 Å². The number of aliphatic carboxylic acids is 1. The van der Waals surface area contributed by atoms with Crippen molar-refractivity contribution in [3.05, 3.63) is 34.9 Å². The van der Waals surface area contributed by atoms with Gasteiger partial charge in [-0.2, -0.15) is 0 Å². The van der Waals surface area contributed by atoms with Crippen LogP contribution in [0, 0.1) is 13.8 Å². The molecular weight excluding hydrogens is 214 g/mol. The fourth-order valence-electron chi connectivity index (χ4n) is 2.15. The van der Waals surface area contributed by atoms with E-state index in [0.29, 0.717) is 0 Å². The van der Waals surface area contributed by atoms with Gasteiger partial charge in [-0.05, 0) is 43.5 Å². The SMILES string of the molecule is CCCNC(CC(=O)O)c1c(C)cccc1C. The lowest BCUT2D eigenvalue weighted by Gasteiger charge is -2.21.